The topological polar surface area (TPSA) is 48.7 Å². The van der Waals surface area contributed by atoms with E-state index in [0.717, 1.165) is 15.2 Å². The quantitative estimate of drug-likeness (QED) is 0.940. The molecule has 86 valence electrons. The molecule has 2 rings (SSSR count). The van der Waals surface area contributed by atoms with Gasteiger partial charge in [0.1, 0.15) is 11.1 Å². The monoisotopic (exact) mass is 307 g/mol. The Morgan fingerprint density at radius 1 is 1.53 bits per heavy atom. The molecule has 0 aliphatic heterocycles. The van der Waals surface area contributed by atoms with Crippen molar-refractivity contribution in [3.05, 3.63) is 44.3 Å². The molecule has 0 aliphatic carbocycles. The Labute approximate surface area is 112 Å². The normalized spacial score (nSPS) is 9.94. The molecule has 0 bridgehead atoms. The summed E-state index contributed by atoms with van der Waals surface area (Å²) in [7, 11) is 0. The van der Waals surface area contributed by atoms with Crippen molar-refractivity contribution >= 4 is 33.0 Å². The van der Waals surface area contributed by atoms with Crippen molar-refractivity contribution in [2.45, 2.75) is 13.5 Å². The van der Waals surface area contributed by atoms with Crippen LogP contribution in [0, 0.1) is 18.3 Å². The van der Waals surface area contributed by atoms with E-state index in [0.29, 0.717) is 12.1 Å². The molecule has 1 aromatic heterocycles. The van der Waals surface area contributed by atoms with Crippen molar-refractivity contribution in [3.63, 3.8) is 0 Å². The van der Waals surface area contributed by atoms with Gasteiger partial charge in [-0.3, -0.25) is 0 Å². The fourth-order valence-electron chi connectivity index (χ4n) is 1.42. The molecule has 1 heterocycles. The van der Waals surface area contributed by atoms with E-state index in [1.165, 1.54) is 4.88 Å². The van der Waals surface area contributed by atoms with Crippen LogP contribution in [-0.2, 0) is 6.54 Å². The van der Waals surface area contributed by atoms with Crippen LogP contribution in [0.25, 0.3) is 0 Å². The molecule has 3 nitrogen and oxygen atoms in total. The standard InChI is InChI=1S/C12H10BrN3S/c1-8-6-16-12(17-8)7-15-11-3-2-10(13)4-9(11)5-14/h2-4,6,15H,7H2,1H3. The zero-order valence-electron chi connectivity index (χ0n) is 9.20. The first-order valence-corrected chi connectivity index (χ1v) is 6.65. The summed E-state index contributed by atoms with van der Waals surface area (Å²) in [6, 6.07) is 7.77. The predicted molar refractivity (Wildman–Crippen MR) is 73.0 cm³/mol. The van der Waals surface area contributed by atoms with Crippen molar-refractivity contribution in [1.29, 1.82) is 5.26 Å². The van der Waals surface area contributed by atoms with Crippen molar-refractivity contribution in [3.8, 4) is 6.07 Å². The van der Waals surface area contributed by atoms with E-state index in [9.17, 15) is 0 Å². The molecule has 5 heteroatoms. The number of rotatable bonds is 3. The third-order valence-electron chi connectivity index (χ3n) is 2.20. The van der Waals surface area contributed by atoms with E-state index >= 15 is 0 Å². The molecule has 17 heavy (non-hydrogen) atoms. The summed E-state index contributed by atoms with van der Waals surface area (Å²) >= 11 is 5.01. The first-order chi connectivity index (χ1) is 8.19. The lowest BCUT2D eigenvalue weighted by Gasteiger charge is -2.06. The van der Waals surface area contributed by atoms with Crippen LogP contribution in [0.1, 0.15) is 15.4 Å². The molecule has 0 atom stereocenters. The number of anilines is 1. The van der Waals surface area contributed by atoms with Gasteiger partial charge in [0.25, 0.3) is 0 Å². The van der Waals surface area contributed by atoms with Gasteiger partial charge < -0.3 is 5.32 Å². The average molecular weight is 308 g/mol. The number of hydrogen-bond acceptors (Lipinski definition) is 4. The van der Waals surface area contributed by atoms with Gasteiger partial charge >= 0.3 is 0 Å². The van der Waals surface area contributed by atoms with Gasteiger partial charge in [-0.05, 0) is 25.1 Å². The summed E-state index contributed by atoms with van der Waals surface area (Å²) in [5.41, 5.74) is 1.47. The SMILES string of the molecule is Cc1cnc(CNc2ccc(Br)cc2C#N)s1. The fraction of sp³-hybridized carbons (Fsp3) is 0.167. The highest BCUT2D eigenvalue weighted by molar-refractivity contribution is 9.10. The number of nitrogens with one attached hydrogen (secondary N) is 1. The number of aryl methyl sites for hydroxylation is 1. The summed E-state index contributed by atoms with van der Waals surface area (Å²) in [5.74, 6) is 0. The molecule has 0 spiro atoms. The maximum absolute atomic E-state index is 9.02. The molecule has 0 fully saturated rings. The molecule has 0 unspecified atom stereocenters. The highest BCUT2D eigenvalue weighted by Gasteiger charge is 2.04. The largest absolute Gasteiger partial charge is 0.377 e. The summed E-state index contributed by atoms with van der Waals surface area (Å²) < 4.78 is 0.907. The Bertz CT molecular complexity index is 571. The first-order valence-electron chi connectivity index (χ1n) is 5.04. The summed E-state index contributed by atoms with van der Waals surface area (Å²) in [6.07, 6.45) is 1.86. The molecule has 0 saturated heterocycles. The van der Waals surface area contributed by atoms with Gasteiger partial charge in [-0.1, -0.05) is 15.9 Å². The van der Waals surface area contributed by atoms with Gasteiger partial charge in [-0.25, -0.2) is 4.98 Å². The van der Waals surface area contributed by atoms with Crippen molar-refractivity contribution in [2.75, 3.05) is 5.32 Å². The molecule has 0 amide bonds. The molecule has 0 radical (unpaired) electrons. The smallest absolute Gasteiger partial charge is 0.112 e. The highest BCUT2D eigenvalue weighted by atomic mass is 79.9. The minimum atomic E-state index is 0.632. The van der Waals surface area contributed by atoms with Crippen molar-refractivity contribution < 1.29 is 0 Å². The van der Waals surface area contributed by atoms with Gasteiger partial charge in [-0.15, -0.1) is 11.3 Å². The molecule has 1 aromatic carbocycles. The molecular formula is C12H10BrN3S. The predicted octanol–water partition coefficient (Wildman–Crippen LogP) is 3.70. The van der Waals surface area contributed by atoms with Crippen LogP contribution in [0.2, 0.25) is 0 Å². The minimum absolute atomic E-state index is 0.632. The van der Waals surface area contributed by atoms with Gasteiger partial charge in [-0.2, -0.15) is 5.26 Å². The first kappa shape index (κ1) is 12.1. The summed E-state index contributed by atoms with van der Waals surface area (Å²) in [6.45, 7) is 2.68. The Balaban J connectivity index is 2.12. The van der Waals surface area contributed by atoms with E-state index in [2.05, 4.69) is 32.3 Å². The zero-order valence-corrected chi connectivity index (χ0v) is 11.6. The minimum Gasteiger partial charge on any atom is -0.377 e. The van der Waals surface area contributed by atoms with Crippen LogP contribution < -0.4 is 5.32 Å². The maximum Gasteiger partial charge on any atom is 0.112 e. The number of aromatic nitrogens is 1. The van der Waals surface area contributed by atoms with Crippen molar-refractivity contribution in [2.24, 2.45) is 0 Å². The maximum atomic E-state index is 9.02. The molecule has 0 saturated carbocycles. The average Bonchev–Trinajstić information content (AvgIpc) is 2.73. The van der Waals surface area contributed by atoms with Crippen LogP contribution in [0.15, 0.2) is 28.9 Å². The zero-order chi connectivity index (χ0) is 12.3. The fourth-order valence-corrected chi connectivity index (χ4v) is 2.51. The number of nitrogens with zero attached hydrogens (tertiary/aromatic N) is 2. The van der Waals surface area contributed by atoms with Crippen molar-refractivity contribution in [1.82, 2.24) is 4.98 Å². The van der Waals surface area contributed by atoms with Gasteiger partial charge in [0.15, 0.2) is 0 Å². The summed E-state index contributed by atoms with van der Waals surface area (Å²) in [5, 5.41) is 13.3. The number of hydrogen-bond donors (Lipinski definition) is 1. The number of nitriles is 1. The Hall–Kier alpha value is -1.38. The van der Waals surface area contributed by atoms with Crippen LogP contribution in [0.5, 0.6) is 0 Å². The van der Waals surface area contributed by atoms with Gasteiger partial charge in [0.2, 0.25) is 0 Å². The second-order valence-corrected chi connectivity index (χ2v) is 5.75. The third kappa shape index (κ3) is 3.05. The van der Waals surface area contributed by atoms with Gasteiger partial charge in [0, 0.05) is 15.5 Å². The van der Waals surface area contributed by atoms with Crippen LogP contribution in [-0.4, -0.2) is 4.98 Å². The number of benzene rings is 1. The van der Waals surface area contributed by atoms with Crippen LogP contribution in [0.3, 0.4) is 0 Å². The van der Waals surface area contributed by atoms with Crippen LogP contribution in [0.4, 0.5) is 5.69 Å². The van der Waals surface area contributed by atoms with E-state index < -0.39 is 0 Å². The Morgan fingerprint density at radius 3 is 3.00 bits per heavy atom. The lowest BCUT2D eigenvalue weighted by atomic mass is 10.2. The summed E-state index contributed by atoms with van der Waals surface area (Å²) in [4.78, 5) is 5.46. The van der Waals surface area contributed by atoms with Crippen LogP contribution >= 0.6 is 27.3 Å². The van der Waals surface area contributed by atoms with E-state index in [-0.39, 0.29) is 0 Å². The Kier molecular flexibility index (Phi) is 3.77. The third-order valence-corrected chi connectivity index (χ3v) is 3.61. The number of halogens is 1. The molecule has 0 aliphatic rings. The second kappa shape index (κ2) is 5.30. The van der Waals surface area contributed by atoms with E-state index in [4.69, 9.17) is 5.26 Å². The van der Waals surface area contributed by atoms with E-state index in [1.807, 2.05) is 25.3 Å². The lowest BCUT2D eigenvalue weighted by molar-refractivity contribution is 1.10. The second-order valence-electron chi connectivity index (χ2n) is 3.52. The molecule has 2 aromatic rings. The van der Waals surface area contributed by atoms with Gasteiger partial charge in [0.05, 0.1) is 17.8 Å². The number of thiazole rings is 1. The highest BCUT2D eigenvalue weighted by Crippen LogP contribution is 2.21. The molecular weight excluding hydrogens is 298 g/mol. The lowest BCUT2D eigenvalue weighted by Crippen LogP contribution is -2.00. The molecule has 1 N–H and O–H groups in total. The Morgan fingerprint density at radius 2 is 2.35 bits per heavy atom. The van der Waals surface area contributed by atoms with E-state index in [1.54, 1.807) is 17.4 Å².